The molecule has 18 heavy (non-hydrogen) atoms. The lowest BCUT2D eigenvalue weighted by Crippen LogP contribution is -1.90. The van der Waals surface area contributed by atoms with E-state index in [2.05, 4.69) is 62.1 Å². The third-order valence-electron chi connectivity index (χ3n) is 2.89. The summed E-state index contributed by atoms with van der Waals surface area (Å²) in [5.74, 6) is 0.489. The van der Waals surface area contributed by atoms with Crippen molar-refractivity contribution in [3.63, 3.8) is 0 Å². The highest BCUT2D eigenvalue weighted by Gasteiger charge is 2.00. The molecule has 1 rings (SSSR count). The SMILES string of the molecule is C=CC(=C\C=C/C)/C(C)=C/CC1C=CC=CC=C1. The fraction of sp³-hybridized carbons (Fsp3) is 0.222. The second kappa shape index (κ2) is 8.30. The van der Waals surface area contributed by atoms with Gasteiger partial charge in [0.1, 0.15) is 0 Å². The van der Waals surface area contributed by atoms with Crippen molar-refractivity contribution in [1.29, 1.82) is 0 Å². The van der Waals surface area contributed by atoms with E-state index in [-0.39, 0.29) is 0 Å². The van der Waals surface area contributed by atoms with Gasteiger partial charge in [-0.15, -0.1) is 0 Å². The monoisotopic (exact) mass is 238 g/mol. The zero-order valence-corrected chi connectivity index (χ0v) is 11.3. The lowest BCUT2D eigenvalue weighted by molar-refractivity contribution is 0.829. The Bertz CT molecular complexity index is 421. The zero-order valence-electron chi connectivity index (χ0n) is 11.3. The van der Waals surface area contributed by atoms with E-state index in [1.807, 2.05) is 25.2 Å². The van der Waals surface area contributed by atoms with Gasteiger partial charge in [-0.1, -0.05) is 73.4 Å². The maximum atomic E-state index is 3.86. The van der Waals surface area contributed by atoms with E-state index in [0.29, 0.717) is 5.92 Å². The number of allylic oxidation sites excluding steroid dienone is 13. The molecule has 0 radical (unpaired) electrons. The van der Waals surface area contributed by atoms with E-state index < -0.39 is 0 Å². The van der Waals surface area contributed by atoms with Gasteiger partial charge in [0.15, 0.2) is 0 Å². The van der Waals surface area contributed by atoms with Crippen molar-refractivity contribution in [3.05, 3.63) is 84.6 Å². The van der Waals surface area contributed by atoms with E-state index in [1.165, 1.54) is 11.1 Å². The van der Waals surface area contributed by atoms with E-state index in [1.54, 1.807) is 0 Å². The van der Waals surface area contributed by atoms with Crippen molar-refractivity contribution >= 4 is 0 Å². The molecular weight excluding hydrogens is 216 g/mol. The quantitative estimate of drug-likeness (QED) is 0.569. The van der Waals surface area contributed by atoms with Gasteiger partial charge in [0.25, 0.3) is 0 Å². The number of hydrogen-bond donors (Lipinski definition) is 0. The summed E-state index contributed by atoms with van der Waals surface area (Å²) in [7, 11) is 0. The predicted molar refractivity (Wildman–Crippen MR) is 82.4 cm³/mol. The average molecular weight is 238 g/mol. The van der Waals surface area contributed by atoms with Gasteiger partial charge in [0, 0.05) is 0 Å². The van der Waals surface area contributed by atoms with Gasteiger partial charge in [-0.3, -0.25) is 0 Å². The van der Waals surface area contributed by atoms with Crippen LogP contribution in [0.1, 0.15) is 20.3 Å². The molecule has 0 bridgehead atoms. The predicted octanol–water partition coefficient (Wildman–Crippen LogP) is 5.31. The fourth-order valence-corrected chi connectivity index (χ4v) is 1.75. The summed E-state index contributed by atoms with van der Waals surface area (Å²) in [6, 6.07) is 0. The van der Waals surface area contributed by atoms with E-state index >= 15 is 0 Å². The normalized spacial score (nSPS) is 17.4. The molecule has 0 spiro atoms. The van der Waals surface area contributed by atoms with Gasteiger partial charge in [-0.05, 0) is 37.3 Å². The molecule has 0 heteroatoms. The Hall–Kier alpha value is -1.82. The second-order valence-corrected chi connectivity index (χ2v) is 4.29. The topological polar surface area (TPSA) is 0 Å². The number of rotatable bonds is 5. The van der Waals surface area contributed by atoms with Gasteiger partial charge in [0.05, 0.1) is 0 Å². The standard InChI is InChI=1S/C18H22/c1-4-6-13-18(5-2)16(3)14-15-17-11-9-7-8-10-12-17/h4-14,17H,2,15H2,1,3H3/b6-4-,16-14+,18-13+. The molecule has 0 amide bonds. The third kappa shape index (κ3) is 5.01. The summed E-state index contributed by atoms with van der Waals surface area (Å²) in [6.07, 6.45) is 24.2. The minimum Gasteiger partial charge on any atom is -0.0985 e. The highest BCUT2D eigenvalue weighted by molar-refractivity contribution is 5.40. The van der Waals surface area contributed by atoms with Crippen LogP contribution in [-0.4, -0.2) is 0 Å². The van der Waals surface area contributed by atoms with Gasteiger partial charge in [0.2, 0.25) is 0 Å². The molecule has 0 saturated carbocycles. The van der Waals surface area contributed by atoms with Crippen LogP contribution in [0, 0.1) is 5.92 Å². The Morgan fingerprint density at radius 2 is 1.83 bits per heavy atom. The van der Waals surface area contributed by atoms with E-state index in [4.69, 9.17) is 0 Å². The summed E-state index contributed by atoms with van der Waals surface area (Å²) >= 11 is 0. The fourth-order valence-electron chi connectivity index (χ4n) is 1.75. The van der Waals surface area contributed by atoms with Crippen LogP contribution in [0.25, 0.3) is 0 Å². The molecule has 0 nitrogen and oxygen atoms in total. The Morgan fingerprint density at radius 1 is 1.17 bits per heavy atom. The highest BCUT2D eigenvalue weighted by atomic mass is 14.1. The third-order valence-corrected chi connectivity index (χ3v) is 2.89. The first-order chi connectivity index (χ1) is 8.77. The van der Waals surface area contributed by atoms with Crippen molar-refractivity contribution < 1.29 is 0 Å². The van der Waals surface area contributed by atoms with Crippen molar-refractivity contribution in [2.24, 2.45) is 5.92 Å². The molecule has 0 aliphatic heterocycles. The maximum Gasteiger partial charge on any atom is -0.00125 e. The van der Waals surface area contributed by atoms with Crippen LogP contribution < -0.4 is 0 Å². The molecule has 0 aromatic carbocycles. The second-order valence-electron chi connectivity index (χ2n) is 4.29. The summed E-state index contributed by atoms with van der Waals surface area (Å²) in [4.78, 5) is 0. The summed E-state index contributed by atoms with van der Waals surface area (Å²) in [5.41, 5.74) is 2.47. The van der Waals surface area contributed by atoms with Gasteiger partial charge >= 0.3 is 0 Å². The largest absolute Gasteiger partial charge is 0.0985 e. The first-order valence-electron chi connectivity index (χ1n) is 6.42. The van der Waals surface area contributed by atoms with Crippen LogP contribution in [0.4, 0.5) is 0 Å². The Labute approximate surface area is 111 Å². The smallest absolute Gasteiger partial charge is 0.00125 e. The minimum absolute atomic E-state index is 0.489. The molecule has 0 saturated heterocycles. The lowest BCUT2D eigenvalue weighted by atomic mass is 10.00. The van der Waals surface area contributed by atoms with Crippen molar-refractivity contribution in [1.82, 2.24) is 0 Å². The van der Waals surface area contributed by atoms with Crippen molar-refractivity contribution in [3.8, 4) is 0 Å². The van der Waals surface area contributed by atoms with E-state index in [0.717, 1.165) is 6.42 Å². The highest BCUT2D eigenvalue weighted by Crippen LogP contribution is 2.16. The van der Waals surface area contributed by atoms with Gasteiger partial charge < -0.3 is 0 Å². The Balaban J connectivity index is 2.68. The zero-order chi connectivity index (χ0) is 13.2. The molecule has 0 unspecified atom stereocenters. The van der Waals surface area contributed by atoms with Crippen molar-refractivity contribution in [2.75, 3.05) is 0 Å². The Kier molecular flexibility index (Phi) is 6.56. The molecule has 94 valence electrons. The molecule has 0 heterocycles. The molecule has 0 aromatic rings. The molecule has 1 aliphatic rings. The van der Waals surface area contributed by atoms with Gasteiger partial charge in [-0.2, -0.15) is 0 Å². The average Bonchev–Trinajstić information content (AvgIpc) is 2.65. The van der Waals surface area contributed by atoms with Crippen LogP contribution in [0.2, 0.25) is 0 Å². The summed E-state index contributed by atoms with van der Waals surface area (Å²) in [6.45, 7) is 8.02. The molecule has 0 atom stereocenters. The molecule has 0 N–H and O–H groups in total. The molecular formula is C18H22. The van der Waals surface area contributed by atoms with Crippen LogP contribution in [0.5, 0.6) is 0 Å². The van der Waals surface area contributed by atoms with E-state index in [9.17, 15) is 0 Å². The van der Waals surface area contributed by atoms with Crippen LogP contribution in [-0.2, 0) is 0 Å². The molecule has 0 aromatic heterocycles. The first kappa shape index (κ1) is 14.2. The van der Waals surface area contributed by atoms with Crippen molar-refractivity contribution in [2.45, 2.75) is 20.3 Å². The first-order valence-corrected chi connectivity index (χ1v) is 6.42. The lowest BCUT2D eigenvalue weighted by Gasteiger charge is -2.06. The van der Waals surface area contributed by atoms with Crippen LogP contribution in [0.3, 0.4) is 0 Å². The number of hydrogen-bond acceptors (Lipinski definition) is 0. The molecule has 0 fully saturated rings. The van der Waals surface area contributed by atoms with Crippen LogP contribution >= 0.6 is 0 Å². The van der Waals surface area contributed by atoms with Crippen LogP contribution in [0.15, 0.2) is 84.6 Å². The van der Waals surface area contributed by atoms with Gasteiger partial charge in [-0.25, -0.2) is 0 Å². The molecule has 1 aliphatic carbocycles. The summed E-state index contributed by atoms with van der Waals surface area (Å²) < 4.78 is 0. The summed E-state index contributed by atoms with van der Waals surface area (Å²) in [5, 5.41) is 0. The maximum absolute atomic E-state index is 3.86. The minimum atomic E-state index is 0.489. The Morgan fingerprint density at radius 3 is 2.39 bits per heavy atom.